The summed E-state index contributed by atoms with van der Waals surface area (Å²) >= 11 is 5.08. The van der Waals surface area contributed by atoms with Gasteiger partial charge in [0, 0.05) is 23.0 Å². The highest BCUT2D eigenvalue weighted by Crippen LogP contribution is 2.25. The van der Waals surface area contributed by atoms with Crippen LogP contribution in [0.4, 0.5) is 0 Å². The fraction of sp³-hybridized carbons (Fsp3) is 0.368. The number of nitrogens with zero attached hydrogens (tertiary/aromatic N) is 1. The van der Waals surface area contributed by atoms with Gasteiger partial charge in [-0.15, -0.1) is 11.8 Å². The van der Waals surface area contributed by atoms with Gasteiger partial charge in [0.2, 0.25) is 0 Å². The maximum Gasteiger partial charge on any atom is 0.254 e. The summed E-state index contributed by atoms with van der Waals surface area (Å²) in [4.78, 5) is 16.8. The van der Waals surface area contributed by atoms with Crippen molar-refractivity contribution in [3.8, 4) is 0 Å². The van der Waals surface area contributed by atoms with E-state index < -0.39 is 0 Å². The molecule has 0 saturated heterocycles. The van der Waals surface area contributed by atoms with Gasteiger partial charge in [0.15, 0.2) is 0 Å². The molecule has 2 aromatic rings. The van der Waals surface area contributed by atoms with Crippen molar-refractivity contribution in [1.29, 1.82) is 0 Å². The van der Waals surface area contributed by atoms with Crippen molar-refractivity contribution in [3.05, 3.63) is 58.2 Å². The Morgan fingerprint density at radius 1 is 1.21 bits per heavy atom. The maximum absolute atomic E-state index is 12.4. The minimum atomic E-state index is -0.0312. The molecule has 128 valence electrons. The van der Waals surface area contributed by atoms with Gasteiger partial charge in [-0.25, -0.2) is 4.98 Å². The summed E-state index contributed by atoms with van der Waals surface area (Å²) in [5.74, 6) is 0.754. The molecule has 1 N–H and O–H groups in total. The molecule has 0 aliphatic rings. The second-order valence-electron chi connectivity index (χ2n) is 5.59. The van der Waals surface area contributed by atoms with Gasteiger partial charge in [0.25, 0.3) is 5.91 Å². The summed E-state index contributed by atoms with van der Waals surface area (Å²) in [5.41, 5.74) is 1.86. The monoisotopic (exact) mass is 406 g/mol. The number of halogens is 1. The first-order valence-electron chi connectivity index (χ1n) is 8.31. The highest BCUT2D eigenvalue weighted by molar-refractivity contribution is 9.10. The minimum absolute atomic E-state index is 0.0312. The highest BCUT2D eigenvalue weighted by atomic mass is 79.9. The van der Waals surface area contributed by atoms with E-state index in [2.05, 4.69) is 45.3 Å². The number of hydrogen-bond donors (Lipinski definition) is 1. The third-order valence-corrected chi connectivity index (χ3v) is 5.17. The van der Waals surface area contributed by atoms with Gasteiger partial charge < -0.3 is 5.32 Å². The molecule has 0 saturated carbocycles. The molecule has 3 nitrogen and oxygen atoms in total. The zero-order chi connectivity index (χ0) is 17.2. The number of nitrogens with one attached hydrogen (secondary N) is 1. The van der Waals surface area contributed by atoms with Gasteiger partial charge in [-0.05, 0) is 36.2 Å². The summed E-state index contributed by atoms with van der Waals surface area (Å²) < 4.78 is 1.06. The van der Waals surface area contributed by atoms with E-state index in [1.807, 2.05) is 24.3 Å². The van der Waals surface area contributed by atoms with E-state index in [0.29, 0.717) is 5.56 Å². The van der Waals surface area contributed by atoms with Crippen LogP contribution < -0.4 is 5.32 Å². The average molecular weight is 407 g/mol. The smallest absolute Gasteiger partial charge is 0.254 e. The van der Waals surface area contributed by atoms with Crippen molar-refractivity contribution in [3.63, 3.8) is 0 Å². The van der Waals surface area contributed by atoms with E-state index >= 15 is 0 Å². The van der Waals surface area contributed by atoms with Gasteiger partial charge >= 0.3 is 0 Å². The van der Waals surface area contributed by atoms with E-state index in [4.69, 9.17) is 0 Å². The van der Waals surface area contributed by atoms with Crippen LogP contribution in [-0.2, 0) is 5.75 Å². The molecule has 0 atom stereocenters. The van der Waals surface area contributed by atoms with Crippen molar-refractivity contribution < 1.29 is 4.79 Å². The van der Waals surface area contributed by atoms with E-state index in [0.717, 1.165) is 34.6 Å². The molecule has 0 unspecified atom stereocenters. The Hall–Kier alpha value is -1.33. The summed E-state index contributed by atoms with van der Waals surface area (Å²) in [6.07, 6.45) is 6.35. The van der Waals surface area contributed by atoms with E-state index in [-0.39, 0.29) is 5.91 Å². The molecule has 0 aliphatic carbocycles. The average Bonchev–Trinajstić information content (AvgIpc) is 2.60. The zero-order valence-electron chi connectivity index (χ0n) is 13.9. The summed E-state index contributed by atoms with van der Waals surface area (Å²) in [7, 11) is 0. The van der Waals surface area contributed by atoms with Crippen LogP contribution in [0.2, 0.25) is 0 Å². The Labute approximate surface area is 156 Å². The number of hydrogen-bond acceptors (Lipinski definition) is 3. The molecular weight excluding hydrogens is 384 g/mol. The number of unbranched alkanes of at least 4 members (excludes halogenated alkanes) is 3. The lowest BCUT2D eigenvalue weighted by molar-refractivity contribution is 0.0949. The Morgan fingerprint density at radius 2 is 2.08 bits per heavy atom. The SMILES string of the molecule is CCCCCCNC(=O)c1cccnc1SCc1cccc(Br)c1. The van der Waals surface area contributed by atoms with Crippen molar-refractivity contribution in [1.82, 2.24) is 10.3 Å². The lowest BCUT2D eigenvalue weighted by Gasteiger charge is -2.09. The lowest BCUT2D eigenvalue weighted by Crippen LogP contribution is -2.25. The first-order chi connectivity index (χ1) is 11.7. The summed E-state index contributed by atoms with van der Waals surface area (Å²) in [5, 5.41) is 3.79. The second-order valence-corrected chi connectivity index (χ2v) is 7.47. The van der Waals surface area contributed by atoms with E-state index in [9.17, 15) is 4.79 Å². The number of pyridine rings is 1. The fourth-order valence-corrected chi connectivity index (χ4v) is 3.69. The fourth-order valence-electron chi connectivity index (χ4n) is 2.31. The van der Waals surface area contributed by atoms with Gasteiger partial charge in [0.1, 0.15) is 5.03 Å². The Bertz CT molecular complexity index is 663. The van der Waals surface area contributed by atoms with Crippen LogP contribution in [0.5, 0.6) is 0 Å². The quantitative estimate of drug-likeness (QED) is 0.444. The predicted molar refractivity (Wildman–Crippen MR) is 104 cm³/mol. The Balaban J connectivity index is 1.92. The third kappa shape index (κ3) is 6.29. The van der Waals surface area contributed by atoms with E-state index in [1.54, 1.807) is 18.0 Å². The van der Waals surface area contributed by atoms with Crippen LogP contribution in [0.3, 0.4) is 0 Å². The number of carbonyl (C=O) groups excluding carboxylic acids is 1. The van der Waals surface area contributed by atoms with Gasteiger partial charge in [-0.1, -0.05) is 54.2 Å². The first kappa shape index (κ1) is 19.0. The molecule has 0 aliphatic heterocycles. The number of amides is 1. The van der Waals surface area contributed by atoms with E-state index in [1.165, 1.54) is 18.4 Å². The van der Waals surface area contributed by atoms with Crippen LogP contribution in [-0.4, -0.2) is 17.4 Å². The molecule has 0 radical (unpaired) electrons. The van der Waals surface area contributed by atoms with Crippen LogP contribution in [0.1, 0.15) is 48.5 Å². The molecule has 0 spiro atoms. The molecule has 1 amide bonds. The zero-order valence-corrected chi connectivity index (χ0v) is 16.3. The molecule has 0 bridgehead atoms. The first-order valence-corrected chi connectivity index (χ1v) is 10.1. The summed E-state index contributed by atoms with van der Waals surface area (Å²) in [6, 6.07) is 11.8. The Morgan fingerprint density at radius 3 is 2.88 bits per heavy atom. The van der Waals surface area contributed by atoms with Crippen LogP contribution in [0.15, 0.2) is 52.1 Å². The molecular formula is C19H23BrN2OS. The molecule has 0 fully saturated rings. The molecule has 1 heterocycles. The van der Waals surface area contributed by atoms with Crippen LogP contribution in [0, 0.1) is 0 Å². The molecule has 2 rings (SSSR count). The molecule has 24 heavy (non-hydrogen) atoms. The van der Waals surface area contributed by atoms with Gasteiger partial charge in [-0.3, -0.25) is 4.79 Å². The van der Waals surface area contributed by atoms with Gasteiger partial charge in [0.05, 0.1) is 5.56 Å². The number of rotatable bonds is 9. The van der Waals surface area contributed by atoms with Crippen molar-refractivity contribution in [2.24, 2.45) is 0 Å². The normalized spacial score (nSPS) is 10.6. The topological polar surface area (TPSA) is 42.0 Å². The van der Waals surface area contributed by atoms with Crippen molar-refractivity contribution in [2.75, 3.05) is 6.54 Å². The minimum Gasteiger partial charge on any atom is -0.352 e. The lowest BCUT2D eigenvalue weighted by atomic mass is 10.2. The Kier molecular flexibility index (Phi) is 8.33. The van der Waals surface area contributed by atoms with Gasteiger partial charge in [-0.2, -0.15) is 0 Å². The molecule has 1 aromatic carbocycles. The number of thioether (sulfide) groups is 1. The predicted octanol–water partition coefficient (Wildman–Crippen LogP) is 5.45. The maximum atomic E-state index is 12.4. The summed E-state index contributed by atoms with van der Waals surface area (Å²) in [6.45, 7) is 2.91. The number of benzene rings is 1. The highest BCUT2D eigenvalue weighted by Gasteiger charge is 2.12. The number of aromatic nitrogens is 1. The third-order valence-electron chi connectivity index (χ3n) is 3.60. The molecule has 1 aromatic heterocycles. The van der Waals surface area contributed by atoms with Crippen LogP contribution in [0.25, 0.3) is 0 Å². The number of carbonyl (C=O) groups is 1. The molecule has 5 heteroatoms. The van der Waals surface area contributed by atoms with Crippen molar-refractivity contribution >= 4 is 33.6 Å². The van der Waals surface area contributed by atoms with Crippen LogP contribution >= 0.6 is 27.7 Å². The standard InChI is InChI=1S/C19H23BrN2OS/c1-2-3-4-5-11-21-18(23)17-10-7-12-22-19(17)24-14-15-8-6-9-16(20)13-15/h6-10,12-13H,2-5,11,14H2,1H3,(H,21,23). The van der Waals surface area contributed by atoms with Crippen molar-refractivity contribution in [2.45, 2.75) is 43.4 Å². The largest absolute Gasteiger partial charge is 0.352 e. The second kappa shape index (κ2) is 10.5.